The van der Waals surface area contributed by atoms with Crippen molar-refractivity contribution >= 4 is 39.7 Å². The second-order valence-corrected chi connectivity index (χ2v) is 9.46. The van der Waals surface area contributed by atoms with E-state index in [0.29, 0.717) is 46.6 Å². The van der Waals surface area contributed by atoms with E-state index in [1.54, 1.807) is 0 Å². The summed E-state index contributed by atoms with van der Waals surface area (Å²) in [6, 6.07) is 17.5. The van der Waals surface area contributed by atoms with Gasteiger partial charge in [-0.1, -0.05) is 47.1 Å². The van der Waals surface area contributed by atoms with E-state index in [2.05, 4.69) is 15.4 Å². The molecule has 2 heterocycles. The van der Waals surface area contributed by atoms with E-state index in [1.807, 2.05) is 68.4 Å². The Balaban J connectivity index is 1.52. The van der Waals surface area contributed by atoms with Crippen LogP contribution >= 0.6 is 0 Å². The summed E-state index contributed by atoms with van der Waals surface area (Å²) in [5, 5.41) is 8.64. The average Bonchev–Trinajstić information content (AvgIpc) is 3.34. The Morgan fingerprint density at radius 3 is 2.72 bits per heavy atom. The second kappa shape index (κ2) is 8.82. The highest BCUT2D eigenvalue weighted by Crippen LogP contribution is 2.46. The van der Waals surface area contributed by atoms with Crippen LogP contribution in [0.2, 0.25) is 0 Å². The molecule has 0 amide bonds. The van der Waals surface area contributed by atoms with E-state index in [-0.39, 0.29) is 17.7 Å². The summed E-state index contributed by atoms with van der Waals surface area (Å²) in [5.74, 6) is 0.168. The molecule has 4 aromatic rings. The van der Waals surface area contributed by atoms with Crippen LogP contribution in [-0.2, 0) is 9.53 Å². The van der Waals surface area contributed by atoms with Crippen molar-refractivity contribution in [3.05, 3.63) is 71.3 Å². The maximum Gasteiger partial charge on any atom is 0.310 e. The minimum Gasteiger partial charge on any atom is -0.466 e. The van der Waals surface area contributed by atoms with Gasteiger partial charge in [-0.05, 0) is 44.9 Å². The number of carbonyl (C=O) groups excluding carboxylic acids is 2. The predicted octanol–water partition coefficient (Wildman–Crippen LogP) is 5.87. The highest BCUT2D eigenvalue weighted by Gasteiger charge is 2.35. The molecule has 1 atom stereocenters. The third kappa shape index (κ3) is 3.63. The van der Waals surface area contributed by atoms with Crippen molar-refractivity contribution in [3.63, 3.8) is 0 Å². The SMILES string of the molecule is CCOC(=O)[C@H]1CCCN(c2cc(Nc3ccc(C)cc3)c3c4c(onc24)-c2ccccc2C3=O)C1. The smallest absolute Gasteiger partial charge is 0.310 e. The highest BCUT2D eigenvalue weighted by molar-refractivity contribution is 6.28. The molecule has 1 N–H and O–H groups in total. The molecule has 7 heteroatoms. The number of fused-ring (bicyclic) bond motifs is 2. The van der Waals surface area contributed by atoms with Crippen molar-refractivity contribution in [1.29, 1.82) is 0 Å². The number of esters is 1. The Morgan fingerprint density at radius 2 is 1.94 bits per heavy atom. The number of nitrogens with zero attached hydrogens (tertiary/aromatic N) is 2. The van der Waals surface area contributed by atoms with Crippen molar-refractivity contribution in [2.45, 2.75) is 26.7 Å². The van der Waals surface area contributed by atoms with E-state index in [9.17, 15) is 9.59 Å². The molecular weight excluding hydrogens is 454 g/mol. The average molecular weight is 482 g/mol. The van der Waals surface area contributed by atoms with Crippen molar-refractivity contribution < 1.29 is 18.8 Å². The second-order valence-electron chi connectivity index (χ2n) is 9.46. The number of hydrogen-bond acceptors (Lipinski definition) is 7. The number of carbonyl (C=O) groups is 2. The molecule has 1 saturated heterocycles. The molecule has 6 rings (SSSR count). The summed E-state index contributed by atoms with van der Waals surface area (Å²) in [5.41, 5.74) is 6.13. The number of ether oxygens (including phenoxy) is 1. The van der Waals surface area contributed by atoms with Crippen LogP contribution in [0.5, 0.6) is 0 Å². The Hall–Kier alpha value is -4.13. The lowest BCUT2D eigenvalue weighted by molar-refractivity contribution is -0.148. The first kappa shape index (κ1) is 22.3. The Bertz CT molecular complexity index is 1490. The molecule has 3 aromatic carbocycles. The number of anilines is 3. The van der Waals surface area contributed by atoms with Gasteiger partial charge in [0.25, 0.3) is 0 Å². The van der Waals surface area contributed by atoms with E-state index in [4.69, 9.17) is 9.26 Å². The summed E-state index contributed by atoms with van der Waals surface area (Å²) in [4.78, 5) is 28.5. The molecule has 0 spiro atoms. The Labute approximate surface area is 209 Å². The Morgan fingerprint density at radius 1 is 1.17 bits per heavy atom. The molecule has 7 nitrogen and oxygen atoms in total. The Kier molecular flexibility index (Phi) is 5.48. The van der Waals surface area contributed by atoms with Gasteiger partial charge in [0, 0.05) is 29.9 Å². The lowest BCUT2D eigenvalue weighted by Crippen LogP contribution is -2.39. The molecule has 36 heavy (non-hydrogen) atoms. The molecule has 1 aliphatic heterocycles. The largest absolute Gasteiger partial charge is 0.466 e. The molecule has 1 aliphatic carbocycles. The fourth-order valence-electron chi connectivity index (χ4n) is 5.32. The topological polar surface area (TPSA) is 84.7 Å². The maximum absolute atomic E-state index is 13.8. The van der Waals surface area contributed by atoms with E-state index >= 15 is 0 Å². The van der Waals surface area contributed by atoms with Crippen molar-refractivity contribution in [2.75, 3.05) is 29.9 Å². The monoisotopic (exact) mass is 481 g/mol. The van der Waals surface area contributed by atoms with Crippen LogP contribution < -0.4 is 10.2 Å². The molecule has 1 aromatic heterocycles. The molecule has 0 unspecified atom stereocenters. The normalized spacial score (nSPS) is 16.7. The van der Waals surface area contributed by atoms with Crippen LogP contribution in [0.4, 0.5) is 17.1 Å². The molecule has 1 fully saturated rings. The first-order chi connectivity index (χ1) is 17.5. The number of benzene rings is 3. The molecular formula is C29H27N3O4. The fraction of sp³-hybridized carbons (Fsp3) is 0.276. The van der Waals surface area contributed by atoms with Crippen LogP contribution in [0, 0.1) is 12.8 Å². The van der Waals surface area contributed by atoms with Gasteiger partial charge in [-0.3, -0.25) is 9.59 Å². The van der Waals surface area contributed by atoms with Gasteiger partial charge in [-0.25, -0.2) is 0 Å². The summed E-state index contributed by atoms with van der Waals surface area (Å²) in [6.45, 7) is 5.55. The first-order valence-corrected chi connectivity index (χ1v) is 12.4. The first-order valence-electron chi connectivity index (χ1n) is 12.4. The van der Waals surface area contributed by atoms with E-state index < -0.39 is 0 Å². The van der Waals surface area contributed by atoms with Crippen LogP contribution in [0.1, 0.15) is 41.3 Å². The minimum absolute atomic E-state index is 0.0597. The minimum atomic E-state index is -0.205. The molecule has 0 saturated carbocycles. The number of aryl methyl sites for hydroxylation is 1. The zero-order chi connectivity index (χ0) is 24.8. The third-order valence-electron chi connectivity index (χ3n) is 7.09. The van der Waals surface area contributed by atoms with Crippen LogP contribution in [0.3, 0.4) is 0 Å². The number of hydrogen-bond donors (Lipinski definition) is 1. The zero-order valence-electron chi connectivity index (χ0n) is 20.3. The third-order valence-corrected chi connectivity index (χ3v) is 7.09. The summed E-state index contributed by atoms with van der Waals surface area (Å²) in [6.07, 6.45) is 1.65. The maximum atomic E-state index is 13.8. The van der Waals surface area contributed by atoms with Gasteiger partial charge in [0.05, 0.1) is 34.8 Å². The number of nitrogens with one attached hydrogen (secondary N) is 1. The van der Waals surface area contributed by atoms with Crippen LogP contribution in [0.25, 0.3) is 22.2 Å². The van der Waals surface area contributed by atoms with Crippen molar-refractivity contribution in [2.24, 2.45) is 5.92 Å². The number of ketones is 1. The molecule has 0 radical (unpaired) electrons. The molecule has 2 aliphatic rings. The standard InChI is InChI=1S/C29H27N3O4/c1-3-35-29(34)18-7-6-14-32(16-18)23-15-22(30-19-12-10-17(2)11-13-19)24-25-26(23)31-36-28(25)21-9-5-4-8-20(21)27(24)33/h4-5,8-13,15,18,30H,3,6-7,14,16H2,1-2H3/t18-/m0/s1. The van der Waals surface area contributed by atoms with Crippen molar-refractivity contribution in [1.82, 2.24) is 5.16 Å². The lowest BCUT2D eigenvalue weighted by Gasteiger charge is -2.34. The van der Waals surface area contributed by atoms with Gasteiger partial charge in [-0.2, -0.15) is 0 Å². The highest BCUT2D eigenvalue weighted by atomic mass is 16.5. The van der Waals surface area contributed by atoms with Gasteiger partial charge in [0.2, 0.25) is 0 Å². The van der Waals surface area contributed by atoms with Gasteiger partial charge < -0.3 is 19.5 Å². The summed E-state index contributed by atoms with van der Waals surface area (Å²) in [7, 11) is 0. The zero-order valence-corrected chi connectivity index (χ0v) is 20.3. The van der Waals surface area contributed by atoms with E-state index in [0.717, 1.165) is 41.9 Å². The predicted molar refractivity (Wildman–Crippen MR) is 139 cm³/mol. The fourth-order valence-corrected chi connectivity index (χ4v) is 5.32. The van der Waals surface area contributed by atoms with Crippen molar-refractivity contribution in [3.8, 4) is 11.3 Å². The number of rotatable bonds is 5. The van der Waals surface area contributed by atoms with Gasteiger partial charge >= 0.3 is 5.97 Å². The lowest BCUT2D eigenvalue weighted by atomic mass is 9.86. The van der Waals surface area contributed by atoms with Gasteiger partial charge in [-0.15, -0.1) is 0 Å². The van der Waals surface area contributed by atoms with Gasteiger partial charge in [0.1, 0.15) is 5.52 Å². The molecule has 182 valence electrons. The number of piperidine rings is 1. The molecule has 0 bridgehead atoms. The summed E-state index contributed by atoms with van der Waals surface area (Å²) >= 11 is 0. The quantitative estimate of drug-likeness (QED) is 0.314. The van der Waals surface area contributed by atoms with E-state index in [1.165, 1.54) is 0 Å². The number of aromatic nitrogens is 1. The van der Waals surface area contributed by atoms with Crippen LogP contribution in [0.15, 0.2) is 59.1 Å². The van der Waals surface area contributed by atoms with Gasteiger partial charge in [0.15, 0.2) is 11.5 Å². The summed E-state index contributed by atoms with van der Waals surface area (Å²) < 4.78 is 11.2. The van der Waals surface area contributed by atoms with Crippen LogP contribution in [-0.4, -0.2) is 36.6 Å².